The lowest BCUT2D eigenvalue weighted by Crippen LogP contribution is -2.31. The van der Waals surface area contributed by atoms with Crippen molar-refractivity contribution in [3.8, 4) is 0 Å². The number of methoxy groups -OCH3 is 1. The molecule has 2 heterocycles. The highest BCUT2D eigenvalue weighted by atomic mass is 16.5. The Labute approximate surface area is 87.6 Å². The standard InChI is InChI=1S/C9H14N4O2/c1-15-9(14)8-6-11-12-13(8)7-2-4-10-5-3-7/h6-7,10H,2-5H2,1H3. The molecule has 1 aromatic heterocycles. The van der Waals surface area contributed by atoms with Crippen molar-refractivity contribution in [3.63, 3.8) is 0 Å². The number of hydrogen-bond donors (Lipinski definition) is 1. The van der Waals surface area contributed by atoms with E-state index in [0.717, 1.165) is 25.9 Å². The quantitative estimate of drug-likeness (QED) is 0.695. The van der Waals surface area contributed by atoms with Crippen molar-refractivity contribution in [1.82, 2.24) is 20.3 Å². The molecule has 1 aromatic rings. The number of esters is 1. The summed E-state index contributed by atoms with van der Waals surface area (Å²) in [6.07, 6.45) is 3.38. The van der Waals surface area contributed by atoms with Crippen LogP contribution < -0.4 is 5.32 Å². The van der Waals surface area contributed by atoms with Crippen LogP contribution in [0.5, 0.6) is 0 Å². The second-order valence-corrected chi connectivity index (χ2v) is 3.54. The van der Waals surface area contributed by atoms with Crippen molar-refractivity contribution >= 4 is 5.97 Å². The molecule has 0 aliphatic carbocycles. The maximum atomic E-state index is 11.4. The first-order valence-corrected chi connectivity index (χ1v) is 5.02. The fourth-order valence-electron chi connectivity index (χ4n) is 1.82. The fourth-order valence-corrected chi connectivity index (χ4v) is 1.82. The van der Waals surface area contributed by atoms with Crippen LogP contribution in [0.1, 0.15) is 29.4 Å². The zero-order valence-corrected chi connectivity index (χ0v) is 8.64. The molecule has 0 unspecified atom stereocenters. The SMILES string of the molecule is COC(=O)c1cnnn1C1CCNCC1. The zero-order valence-electron chi connectivity index (χ0n) is 8.64. The Balaban J connectivity index is 2.19. The van der Waals surface area contributed by atoms with E-state index >= 15 is 0 Å². The summed E-state index contributed by atoms with van der Waals surface area (Å²) in [5.74, 6) is -0.376. The first kappa shape index (κ1) is 10.1. The number of nitrogens with zero attached hydrogens (tertiary/aromatic N) is 3. The molecule has 0 bridgehead atoms. The van der Waals surface area contributed by atoms with Gasteiger partial charge in [-0.25, -0.2) is 9.48 Å². The molecule has 1 saturated heterocycles. The van der Waals surface area contributed by atoms with E-state index in [-0.39, 0.29) is 12.0 Å². The van der Waals surface area contributed by atoms with E-state index in [1.165, 1.54) is 13.3 Å². The normalized spacial score (nSPS) is 17.7. The number of hydrogen-bond acceptors (Lipinski definition) is 5. The van der Waals surface area contributed by atoms with Crippen molar-refractivity contribution in [2.24, 2.45) is 0 Å². The molecule has 0 spiro atoms. The van der Waals surface area contributed by atoms with Crippen molar-refractivity contribution in [3.05, 3.63) is 11.9 Å². The lowest BCUT2D eigenvalue weighted by Gasteiger charge is -2.23. The second kappa shape index (κ2) is 4.39. The van der Waals surface area contributed by atoms with Crippen LogP contribution in [-0.4, -0.2) is 41.2 Å². The summed E-state index contributed by atoms with van der Waals surface area (Å²) in [5, 5.41) is 11.0. The molecule has 1 fully saturated rings. The number of nitrogens with one attached hydrogen (secondary N) is 1. The summed E-state index contributed by atoms with van der Waals surface area (Å²) >= 11 is 0. The zero-order chi connectivity index (χ0) is 10.7. The smallest absolute Gasteiger partial charge is 0.358 e. The lowest BCUT2D eigenvalue weighted by atomic mass is 10.1. The Morgan fingerprint density at radius 1 is 1.60 bits per heavy atom. The van der Waals surface area contributed by atoms with Crippen molar-refractivity contribution in [2.45, 2.75) is 18.9 Å². The van der Waals surface area contributed by atoms with E-state index in [9.17, 15) is 4.79 Å². The molecule has 2 rings (SSSR count). The minimum Gasteiger partial charge on any atom is -0.464 e. The molecule has 1 aliphatic heterocycles. The number of rotatable bonds is 2. The molecule has 15 heavy (non-hydrogen) atoms. The van der Waals surface area contributed by atoms with Crippen molar-refractivity contribution in [2.75, 3.05) is 20.2 Å². The van der Waals surface area contributed by atoms with E-state index in [1.807, 2.05) is 0 Å². The molecule has 0 saturated carbocycles. The third-order valence-electron chi connectivity index (χ3n) is 2.62. The largest absolute Gasteiger partial charge is 0.464 e. The Kier molecular flexibility index (Phi) is 2.96. The topological polar surface area (TPSA) is 69.0 Å². The van der Waals surface area contributed by atoms with Crippen LogP contribution >= 0.6 is 0 Å². The van der Waals surface area contributed by atoms with Crippen LogP contribution in [0, 0.1) is 0 Å². The molecule has 0 amide bonds. The van der Waals surface area contributed by atoms with Crippen molar-refractivity contribution < 1.29 is 9.53 Å². The van der Waals surface area contributed by atoms with Crippen LogP contribution in [-0.2, 0) is 4.74 Å². The molecular weight excluding hydrogens is 196 g/mol. The molecule has 82 valence electrons. The first-order valence-electron chi connectivity index (χ1n) is 5.02. The number of ether oxygens (including phenoxy) is 1. The average molecular weight is 210 g/mol. The Bertz CT molecular complexity index is 344. The van der Waals surface area contributed by atoms with Gasteiger partial charge in [0.05, 0.1) is 19.3 Å². The number of aromatic nitrogens is 3. The third kappa shape index (κ3) is 1.99. The minimum atomic E-state index is -0.376. The van der Waals surface area contributed by atoms with Gasteiger partial charge in [-0.2, -0.15) is 0 Å². The summed E-state index contributed by atoms with van der Waals surface area (Å²) in [7, 11) is 1.36. The minimum absolute atomic E-state index is 0.253. The van der Waals surface area contributed by atoms with Gasteiger partial charge in [0.15, 0.2) is 5.69 Å². The fraction of sp³-hybridized carbons (Fsp3) is 0.667. The Morgan fingerprint density at radius 3 is 3.00 bits per heavy atom. The van der Waals surface area contributed by atoms with Gasteiger partial charge in [-0.05, 0) is 25.9 Å². The van der Waals surface area contributed by atoms with Gasteiger partial charge in [0.2, 0.25) is 0 Å². The first-order chi connectivity index (χ1) is 7.33. The van der Waals surface area contributed by atoms with Gasteiger partial charge in [-0.1, -0.05) is 5.21 Å². The molecular formula is C9H14N4O2. The predicted octanol–water partition coefficient (Wildman–Crippen LogP) is -0.0108. The van der Waals surface area contributed by atoms with Gasteiger partial charge in [0, 0.05) is 0 Å². The van der Waals surface area contributed by atoms with Gasteiger partial charge in [-0.15, -0.1) is 5.10 Å². The highest BCUT2D eigenvalue weighted by Gasteiger charge is 2.22. The molecule has 1 aliphatic rings. The van der Waals surface area contributed by atoms with E-state index in [1.54, 1.807) is 4.68 Å². The van der Waals surface area contributed by atoms with Crippen LogP contribution in [0.2, 0.25) is 0 Å². The molecule has 0 atom stereocenters. The van der Waals surface area contributed by atoms with E-state index in [0.29, 0.717) is 5.69 Å². The van der Waals surface area contributed by atoms with E-state index in [2.05, 4.69) is 20.4 Å². The lowest BCUT2D eigenvalue weighted by molar-refractivity contribution is 0.0581. The molecule has 1 N–H and O–H groups in total. The highest BCUT2D eigenvalue weighted by molar-refractivity contribution is 5.86. The molecule has 6 heteroatoms. The van der Waals surface area contributed by atoms with Crippen LogP contribution in [0.15, 0.2) is 6.20 Å². The monoisotopic (exact) mass is 210 g/mol. The van der Waals surface area contributed by atoms with Gasteiger partial charge in [0.25, 0.3) is 0 Å². The number of carbonyl (C=O) groups excluding carboxylic acids is 1. The predicted molar refractivity (Wildman–Crippen MR) is 52.5 cm³/mol. The molecule has 6 nitrogen and oxygen atoms in total. The second-order valence-electron chi connectivity index (χ2n) is 3.54. The maximum Gasteiger partial charge on any atom is 0.358 e. The Morgan fingerprint density at radius 2 is 2.33 bits per heavy atom. The molecule has 0 aromatic carbocycles. The van der Waals surface area contributed by atoms with Gasteiger partial charge >= 0.3 is 5.97 Å². The summed E-state index contributed by atoms with van der Waals surface area (Å²) < 4.78 is 6.34. The van der Waals surface area contributed by atoms with Gasteiger partial charge in [-0.3, -0.25) is 0 Å². The third-order valence-corrected chi connectivity index (χ3v) is 2.62. The van der Waals surface area contributed by atoms with Crippen LogP contribution in [0.25, 0.3) is 0 Å². The maximum absolute atomic E-state index is 11.4. The summed E-state index contributed by atoms with van der Waals surface area (Å²) in [4.78, 5) is 11.4. The number of piperidine rings is 1. The summed E-state index contributed by atoms with van der Waals surface area (Å²) in [5.41, 5.74) is 0.435. The average Bonchev–Trinajstić information content (AvgIpc) is 2.78. The van der Waals surface area contributed by atoms with Crippen LogP contribution in [0.4, 0.5) is 0 Å². The van der Waals surface area contributed by atoms with Crippen molar-refractivity contribution in [1.29, 1.82) is 0 Å². The van der Waals surface area contributed by atoms with E-state index in [4.69, 9.17) is 0 Å². The molecule has 0 radical (unpaired) electrons. The number of carbonyl (C=O) groups is 1. The van der Waals surface area contributed by atoms with Gasteiger partial charge < -0.3 is 10.1 Å². The Hall–Kier alpha value is -1.43. The van der Waals surface area contributed by atoms with Gasteiger partial charge in [0.1, 0.15) is 0 Å². The van der Waals surface area contributed by atoms with Crippen LogP contribution in [0.3, 0.4) is 0 Å². The summed E-state index contributed by atoms with van der Waals surface area (Å²) in [6, 6.07) is 0.253. The van der Waals surface area contributed by atoms with E-state index < -0.39 is 0 Å². The summed E-state index contributed by atoms with van der Waals surface area (Å²) in [6.45, 7) is 1.90. The highest BCUT2D eigenvalue weighted by Crippen LogP contribution is 2.19.